The van der Waals surface area contributed by atoms with E-state index < -0.39 is 0 Å². The maximum Gasteiger partial charge on any atom is 2.00 e. The van der Waals surface area contributed by atoms with Crippen molar-refractivity contribution >= 4 is 21.8 Å². The second-order valence-electron chi connectivity index (χ2n) is 21.5. The molecule has 0 fully saturated rings. The first-order valence-electron chi connectivity index (χ1n) is 21.9. The standard InChI is InChI=1S/C55H66N4O.Pt/c1-17-36-26-39(59-48(33-52(5,6)7)50(51(57-59)34(2)3)37-28-44(54(11,12)13)35(4)45(29-37)55(14,15)16)31-41(27-36)60-40-22-23-43-42-20-18-19-21-46(42)58(47(43)32-40)49-30-38(24-25-56-49)53(8,9)10;/h18-30,34H,17,33H2,1-16H3;/q-2;+2. The van der Waals surface area contributed by atoms with Crippen LogP contribution in [0.15, 0.2) is 79.0 Å². The van der Waals surface area contributed by atoms with Crippen molar-refractivity contribution in [2.75, 3.05) is 0 Å². The Morgan fingerprint density at radius 3 is 1.97 bits per heavy atom. The predicted octanol–water partition coefficient (Wildman–Crippen LogP) is 14.9. The molecule has 3 aromatic heterocycles. The average molecular weight is 994 g/mol. The number of rotatable bonds is 8. The van der Waals surface area contributed by atoms with Crippen molar-refractivity contribution in [1.29, 1.82) is 0 Å². The van der Waals surface area contributed by atoms with Crippen LogP contribution < -0.4 is 4.74 Å². The molecule has 3 heterocycles. The fourth-order valence-corrected chi connectivity index (χ4v) is 8.73. The molecule has 0 spiro atoms. The maximum absolute atomic E-state index is 6.80. The Balaban J connectivity index is 0.00000622. The molecule has 0 aliphatic heterocycles. The molecule has 4 aromatic carbocycles. The molecule has 0 bridgehead atoms. The van der Waals surface area contributed by atoms with Crippen LogP contribution in [0.5, 0.6) is 11.5 Å². The zero-order valence-corrected chi connectivity index (χ0v) is 41.8. The van der Waals surface area contributed by atoms with Gasteiger partial charge in [-0.3, -0.25) is 4.68 Å². The summed E-state index contributed by atoms with van der Waals surface area (Å²) < 4.78 is 11.2. The van der Waals surface area contributed by atoms with E-state index in [1.165, 1.54) is 39.1 Å². The molecule has 0 unspecified atom stereocenters. The molecule has 0 aliphatic rings. The molecule has 0 amide bonds. The van der Waals surface area contributed by atoms with Gasteiger partial charge < -0.3 is 9.30 Å². The molecule has 0 N–H and O–H groups in total. The van der Waals surface area contributed by atoms with E-state index in [-0.39, 0.29) is 48.6 Å². The summed E-state index contributed by atoms with van der Waals surface area (Å²) in [4.78, 5) is 4.88. The normalized spacial score (nSPS) is 12.7. The zero-order chi connectivity index (χ0) is 43.7. The third-order valence-electron chi connectivity index (χ3n) is 11.7. The van der Waals surface area contributed by atoms with Gasteiger partial charge in [0.2, 0.25) is 0 Å². The first-order valence-corrected chi connectivity index (χ1v) is 21.9. The first kappa shape index (κ1) is 46.0. The third kappa shape index (κ3) is 9.34. The van der Waals surface area contributed by atoms with Gasteiger partial charge >= 0.3 is 21.1 Å². The van der Waals surface area contributed by atoms with E-state index in [2.05, 4.69) is 199 Å². The second-order valence-corrected chi connectivity index (χ2v) is 21.5. The SMILES string of the molecule is CCc1cc(Oc2[c-]c3c(cc2)c2ccccc2n3-c2cc(C(C)(C)C)ccn2)[c-]c(-n2nc(C(C)C)c(-c3cc(C(C)(C)C)c(C)c(C(C)(C)C)c3)c2CC(C)(C)C)c1.[Pt+2]. The monoisotopic (exact) mass is 993 g/mol. The largest absolute Gasteiger partial charge is 2.00 e. The van der Waals surface area contributed by atoms with Crippen LogP contribution in [-0.2, 0) is 50.2 Å². The van der Waals surface area contributed by atoms with E-state index in [1.54, 1.807) is 0 Å². The van der Waals surface area contributed by atoms with Gasteiger partial charge in [-0.05, 0) is 98.0 Å². The Morgan fingerprint density at radius 1 is 0.721 bits per heavy atom. The van der Waals surface area contributed by atoms with Crippen LogP contribution in [0, 0.1) is 24.5 Å². The van der Waals surface area contributed by atoms with Gasteiger partial charge in [0.25, 0.3) is 0 Å². The van der Waals surface area contributed by atoms with E-state index in [9.17, 15) is 0 Å². The number of para-hydroxylation sites is 1. The Kier molecular flexibility index (Phi) is 12.6. The van der Waals surface area contributed by atoms with Crippen molar-refractivity contribution in [3.05, 3.63) is 130 Å². The number of fused-ring (bicyclic) bond motifs is 3. The summed E-state index contributed by atoms with van der Waals surface area (Å²) in [7, 11) is 0. The number of benzene rings is 4. The molecule has 7 aromatic rings. The number of aromatic nitrogens is 4. The average Bonchev–Trinajstić information content (AvgIpc) is 3.68. The molecule has 6 heteroatoms. The Labute approximate surface area is 380 Å². The number of aryl methyl sites for hydroxylation is 1. The molecule has 0 saturated heterocycles. The van der Waals surface area contributed by atoms with Gasteiger partial charge in [0.1, 0.15) is 5.82 Å². The van der Waals surface area contributed by atoms with Crippen LogP contribution in [0.25, 0.3) is 44.4 Å². The maximum atomic E-state index is 6.80. The van der Waals surface area contributed by atoms with Gasteiger partial charge in [0.15, 0.2) is 0 Å². The van der Waals surface area contributed by atoms with Crippen LogP contribution in [0.4, 0.5) is 0 Å². The Bertz CT molecular complexity index is 2680. The third-order valence-corrected chi connectivity index (χ3v) is 11.7. The molecule has 0 atom stereocenters. The fraction of sp³-hybridized carbons (Fsp3) is 0.418. The topological polar surface area (TPSA) is 44.9 Å². The van der Waals surface area contributed by atoms with Crippen LogP contribution in [0.1, 0.15) is 149 Å². The number of pyridine rings is 1. The molecular formula is C55H66N4OPt. The van der Waals surface area contributed by atoms with Gasteiger partial charge in [-0.15, -0.1) is 35.7 Å². The number of hydrogen-bond acceptors (Lipinski definition) is 3. The van der Waals surface area contributed by atoms with Crippen molar-refractivity contribution in [3.8, 4) is 34.1 Å². The van der Waals surface area contributed by atoms with E-state index >= 15 is 0 Å². The minimum absolute atomic E-state index is 0. The van der Waals surface area contributed by atoms with Gasteiger partial charge in [-0.2, -0.15) is 16.7 Å². The van der Waals surface area contributed by atoms with Crippen molar-refractivity contribution < 1.29 is 25.8 Å². The summed E-state index contributed by atoms with van der Waals surface area (Å²) in [6.45, 7) is 36.7. The van der Waals surface area contributed by atoms with Crippen molar-refractivity contribution in [2.45, 2.75) is 146 Å². The minimum atomic E-state index is -0.0187. The zero-order valence-electron chi connectivity index (χ0n) is 39.5. The van der Waals surface area contributed by atoms with Crippen LogP contribution >= 0.6 is 0 Å². The molecule has 0 saturated carbocycles. The molecule has 5 nitrogen and oxygen atoms in total. The number of nitrogens with zero attached hydrogens (tertiary/aromatic N) is 4. The van der Waals surface area contributed by atoms with E-state index in [4.69, 9.17) is 14.8 Å². The van der Waals surface area contributed by atoms with Gasteiger partial charge in [0, 0.05) is 28.8 Å². The summed E-state index contributed by atoms with van der Waals surface area (Å²) in [5.74, 6) is 2.33. The quantitative estimate of drug-likeness (QED) is 0.143. The van der Waals surface area contributed by atoms with Gasteiger partial charge in [-0.1, -0.05) is 146 Å². The molecule has 0 radical (unpaired) electrons. The molecule has 7 rings (SSSR count). The summed E-state index contributed by atoms with van der Waals surface area (Å²) in [6, 6.07) is 33.6. The first-order chi connectivity index (χ1) is 27.9. The second kappa shape index (κ2) is 16.7. The summed E-state index contributed by atoms with van der Waals surface area (Å²) in [6.07, 6.45) is 3.59. The van der Waals surface area contributed by atoms with Gasteiger partial charge in [-0.25, -0.2) is 4.98 Å². The summed E-state index contributed by atoms with van der Waals surface area (Å²) in [5.41, 5.74) is 14.1. The van der Waals surface area contributed by atoms with Crippen molar-refractivity contribution in [1.82, 2.24) is 19.3 Å². The molecular weight excluding hydrogens is 928 g/mol. The van der Waals surface area contributed by atoms with E-state index in [0.29, 0.717) is 11.5 Å². The van der Waals surface area contributed by atoms with Crippen LogP contribution in [0.2, 0.25) is 0 Å². The number of hydrogen-bond donors (Lipinski definition) is 0. The number of ether oxygens (including phenoxy) is 1. The minimum Gasteiger partial charge on any atom is -0.509 e. The van der Waals surface area contributed by atoms with Crippen LogP contribution in [0.3, 0.4) is 0 Å². The van der Waals surface area contributed by atoms with Crippen molar-refractivity contribution in [2.24, 2.45) is 5.41 Å². The van der Waals surface area contributed by atoms with E-state index in [1.807, 2.05) is 12.3 Å². The predicted molar refractivity (Wildman–Crippen MR) is 253 cm³/mol. The summed E-state index contributed by atoms with van der Waals surface area (Å²) >= 11 is 0. The molecule has 0 aliphatic carbocycles. The summed E-state index contributed by atoms with van der Waals surface area (Å²) in [5, 5.41) is 7.77. The van der Waals surface area contributed by atoms with Crippen molar-refractivity contribution in [3.63, 3.8) is 0 Å². The van der Waals surface area contributed by atoms with Crippen LogP contribution in [-0.4, -0.2) is 19.3 Å². The smallest absolute Gasteiger partial charge is 0.509 e. The van der Waals surface area contributed by atoms with Gasteiger partial charge in [0.05, 0.1) is 11.4 Å². The molecule has 322 valence electrons. The van der Waals surface area contributed by atoms with E-state index in [0.717, 1.165) is 57.4 Å². The molecule has 61 heavy (non-hydrogen) atoms. The Hall–Kier alpha value is -4.47. The fourth-order valence-electron chi connectivity index (χ4n) is 8.73. The Morgan fingerprint density at radius 2 is 1.38 bits per heavy atom.